The largest absolute Gasteiger partial charge is 0.497 e. The third-order valence-corrected chi connectivity index (χ3v) is 4.60. The maximum Gasteiger partial charge on any atom is 0.251 e. The van der Waals surface area contributed by atoms with E-state index < -0.39 is 0 Å². The first-order chi connectivity index (χ1) is 11.7. The standard InChI is InChI=1S/C18H17N3O2S/c1-12(20-17(22)14-3-5-15(23-2)6-4-14)18-21-16(11-24-18)13-7-9-19-10-8-13/h3-12H,1-2H3,(H,20,22). The molecule has 0 bridgehead atoms. The van der Waals surface area contributed by atoms with E-state index in [1.165, 1.54) is 11.3 Å². The van der Waals surface area contributed by atoms with Gasteiger partial charge in [0.15, 0.2) is 0 Å². The molecule has 0 saturated carbocycles. The average molecular weight is 339 g/mol. The fourth-order valence-corrected chi connectivity index (χ4v) is 3.06. The molecule has 0 aliphatic heterocycles. The van der Waals surface area contributed by atoms with Crippen LogP contribution in [-0.4, -0.2) is 23.0 Å². The van der Waals surface area contributed by atoms with Crippen LogP contribution in [0.3, 0.4) is 0 Å². The summed E-state index contributed by atoms with van der Waals surface area (Å²) < 4.78 is 5.10. The van der Waals surface area contributed by atoms with Crippen LogP contribution >= 0.6 is 11.3 Å². The molecule has 1 N–H and O–H groups in total. The van der Waals surface area contributed by atoms with Crippen molar-refractivity contribution in [3.63, 3.8) is 0 Å². The molecular formula is C18H17N3O2S. The molecule has 1 unspecified atom stereocenters. The lowest BCUT2D eigenvalue weighted by Crippen LogP contribution is -2.26. The van der Waals surface area contributed by atoms with E-state index in [0.717, 1.165) is 22.0 Å². The van der Waals surface area contributed by atoms with Gasteiger partial charge in [0.05, 0.1) is 18.8 Å². The van der Waals surface area contributed by atoms with E-state index in [0.29, 0.717) is 5.56 Å². The van der Waals surface area contributed by atoms with Gasteiger partial charge in [0.25, 0.3) is 5.91 Å². The van der Waals surface area contributed by atoms with Gasteiger partial charge in [0.2, 0.25) is 0 Å². The highest BCUT2D eigenvalue weighted by Crippen LogP contribution is 2.25. The second kappa shape index (κ2) is 7.23. The number of aromatic nitrogens is 2. The van der Waals surface area contributed by atoms with Crippen molar-refractivity contribution in [3.05, 3.63) is 64.7 Å². The molecule has 122 valence electrons. The summed E-state index contributed by atoms with van der Waals surface area (Å²) >= 11 is 1.53. The molecule has 3 aromatic rings. The molecule has 0 fully saturated rings. The molecule has 24 heavy (non-hydrogen) atoms. The number of rotatable bonds is 5. The summed E-state index contributed by atoms with van der Waals surface area (Å²) in [5, 5.41) is 5.82. The number of nitrogens with zero attached hydrogens (tertiary/aromatic N) is 2. The van der Waals surface area contributed by atoms with Crippen LogP contribution in [0.2, 0.25) is 0 Å². The Morgan fingerprint density at radius 3 is 2.54 bits per heavy atom. The molecule has 3 rings (SSSR count). The van der Waals surface area contributed by atoms with Gasteiger partial charge in [-0.2, -0.15) is 0 Å². The maximum atomic E-state index is 12.3. The van der Waals surface area contributed by atoms with Gasteiger partial charge in [0.1, 0.15) is 10.8 Å². The Hall–Kier alpha value is -2.73. The van der Waals surface area contributed by atoms with Crippen molar-refractivity contribution in [3.8, 4) is 17.0 Å². The number of amides is 1. The minimum Gasteiger partial charge on any atom is -0.497 e. The molecule has 0 aliphatic carbocycles. The Morgan fingerprint density at radius 1 is 1.17 bits per heavy atom. The number of nitrogens with one attached hydrogen (secondary N) is 1. The molecule has 6 heteroatoms. The minimum absolute atomic E-state index is 0.134. The number of methoxy groups -OCH3 is 1. The minimum atomic E-state index is -0.166. The maximum absolute atomic E-state index is 12.3. The van der Waals surface area contributed by atoms with Crippen LogP contribution in [0.5, 0.6) is 5.75 Å². The SMILES string of the molecule is COc1ccc(C(=O)NC(C)c2nc(-c3ccncc3)cs2)cc1. The van der Waals surface area contributed by atoms with Crippen LogP contribution in [0.1, 0.15) is 28.3 Å². The fraction of sp³-hybridized carbons (Fsp3) is 0.167. The van der Waals surface area contributed by atoms with E-state index in [-0.39, 0.29) is 11.9 Å². The van der Waals surface area contributed by atoms with Crippen LogP contribution in [0, 0.1) is 0 Å². The summed E-state index contributed by atoms with van der Waals surface area (Å²) in [6.07, 6.45) is 3.48. The third-order valence-electron chi connectivity index (χ3n) is 3.57. The summed E-state index contributed by atoms with van der Waals surface area (Å²) in [4.78, 5) is 20.9. The number of pyridine rings is 1. The first-order valence-electron chi connectivity index (χ1n) is 7.48. The lowest BCUT2D eigenvalue weighted by atomic mass is 10.2. The number of ether oxygens (including phenoxy) is 1. The summed E-state index contributed by atoms with van der Waals surface area (Å²) in [6, 6.07) is 10.7. The van der Waals surface area contributed by atoms with Gasteiger partial charge < -0.3 is 10.1 Å². The topological polar surface area (TPSA) is 64.1 Å². The van der Waals surface area contributed by atoms with Crippen molar-refractivity contribution >= 4 is 17.2 Å². The van der Waals surface area contributed by atoms with Gasteiger partial charge in [-0.05, 0) is 43.3 Å². The van der Waals surface area contributed by atoms with Crippen molar-refractivity contribution in [2.24, 2.45) is 0 Å². The molecule has 1 amide bonds. The smallest absolute Gasteiger partial charge is 0.251 e. The van der Waals surface area contributed by atoms with Crippen LogP contribution in [0.25, 0.3) is 11.3 Å². The second-order valence-corrected chi connectivity index (χ2v) is 6.12. The zero-order valence-electron chi connectivity index (χ0n) is 13.4. The van der Waals surface area contributed by atoms with E-state index in [9.17, 15) is 4.79 Å². The summed E-state index contributed by atoms with van der Waals surface area (Å²) in [5.74, 6) is 0.590. The van der Waals surface area contributed by atoms with E-state index >= 15 is 0 Å². The van der Waals surface area contributed by atoms with Crippen molar-refractivity contribution in [1.29, 1.82) is 0 Å². The number of thiazole rings is 1. The van der Waals surface area contributed by atoms with Gasteiger partial charge in [-0.1, -0.05) is 0 Å². The Kier molecular flexibility index (Phi) is 4.86. The molecule has 0 spiro atoms. The van der Waals surface area contributed by atoms with E-state index in [4.69, 9.17) is 4.74 Å². The monoisotopic (exact) mass is 339 g/mol. The molecule has 2 heterocycles. The zero-order valence-corrected chi connectivity index (χ0v) is 14.2. The number of benzene rings is 1. The van der Waals surface area contributed by atoms with Crippen LogP contribution in [-0.2, 0) is 0 Å². The van der Waals surface area contributed by atoms with Gasteiger partial charge in [-0.15, -0.1) is 11.3 Å². The highest BCUT2D eigenvalue weighted by Gasteiger charge is 2.15. The highest BCUT2D eigenvalue weighted by atomic mass is 32.1. The summed E-state index contributed by atoms with van der Waals surface area (Å²) in [7, 11) is 1.60. The predicted octanol–water partition coefficient (Wildman–Crippen LogP) is 3.70. The van der Waals surface area contributed by atoms with E-state index in [1.54, 1.807) is 43.8 Å². The normalized spacial score (nSPS) is 11.8. The van der Waals surface area contributed by atoms with E-state index in [1.807, 2.05) is 24.4 Å². The Labute approximate surface area is 144 Å². The molecule has 0 saturated heterocycles. The Morgan fingerprint density at radius 2 is 1.88 bits per heavy atom. The van der Waals surface area contributed by atoms with Crippen LogP contribution in [0.4, 0.5) is 0 Å². The number of carbonyl (C=O) groups excluding carboxylic acids is 1. The van der Waals surface area contributed by atoms with Gasteiger partial charge >= 0.3 is 0 Å². The van der Waals surface area contributed by atoms with Crippen molar-refractivity contribution in [2.45, 2.75) is 13.0 Å². The predicted molar refractivity (Wildman–Crippen MR) is 94.2 cm³/mol. The van der Waals surface area contributed by atoms with Gasteiger partial charge in [0, 0.05) is 28.9 Å². The third kappa shape index (κ3) is 3.60. The molecule has 0 aliphatic rings. The van der Waals surface area contributed by atoms with Crippen LogP contribution in [0.15, 0.2) is 54.2 Å². The highest BCUT2D eigenvalue weighted by molar-refractivity contribution is 7.10. The second-order valence-electron chi connectivity index (χ2n) is 5.23. The van der Waals surface area contributed by atoms with Crippen LogP contribution < -0.4 is 10.1 Å². The average Bonchev–Trinajstić information content (AvgIpc) is 3.13. The number of hydrogen-bond donors (Lipinski definition) is 1. The number of hydrogen-bond acceptors (Lipinski definition) is 5. The Bertz CT molecular complexity index is 816. The van der Waals surface area contributed by atoms with Gasteiger partial charge in [-0.25, -0.2) is 4.98 Å². The van der Waals surface area contributed by atoms with Crippen molar-refractivity contribution < 1.29 is 9.53 Å². The quantitative estimate of drug-likeness (QED) is 0.770. The first-order valence-corrected chi connectivity index (χ1v) is 8.36. The molecule has 0 radical (unpaired) electrons. The molecule has 1 aromatic carbocycles. The fourth-order valence-electron chi connectivity index (χ4n) is 2.23. The molecule has 1 atom stereocenters. The van der Waals surface area contributed by atoms with Crippen molar-refractivity contribution in [1.82, 2.24) is 15.3 Å². The lowest BCUT2D eigenvalue weighted by molar-refractivity contribution is 0.0940. The Balaban J connectivity index is 1.69. The summed E-state index contributed by atoms with van der Waals surface area (Å²) in [5.41, 5.74) is 2.50. The van der Waals surface area contributed by atoms with Gasteiger partial charge in [-0.3, -0.25) is 9.78 Å². The molecular weight excluding hydrogens is 322 g/mol. The summed E-state index contributed by atoms with van der Waals surface area (Å²) in [6.45, 7) is 1.93. The zero-order chi connectivity index (χ0) is 16.9. The molecule has 2 aromatic heterocycles. The van der Waals surface area contributed by atoms with Crippen molar-refractivity contribution in [2.75, 3.05) is 7.11 Å². The molecule has 5 nitrogen and oxygen atoms in total. The lowest BCUT2D eigenvalue weighted by Gasteiger charge is -2.11. The van der Waals surface area contributed by atoms with E-state index in [2.05, 4.69) is 15.3 Å². The number of carbonyl (C=O) groups is 1. The first kappa shape index (κ1) is 16.1.